The van der Waals surface area contributed by atoms with Gasteiger partial charge in [-0.05, 0) is 42.8 Å². The normalized spacial score (nSPS) is 10.7. The molecule has 2 aromatic carbocycles. The molecule has 0 aliphatic rings. The third-order valence-corrected chi connectivity index (χ3v) is 3.26. The average Bonchev–Trinajstić information content (AvgIpc) is 2.85. The number of fused-ring (bicyclic) bond motifs is 1. The second kappa shape index (κ2) is 5.25. The number of nitrogens with one attached hydrogen (secondary N) is 2. The zero-order chi connectivity index (χ0) is 13.9. The van der Waals surface area contributed by atoms with E-state index in [2.05, 4.69) is 33.5 Å². The molecule has 1 heterocycles. The highest BCUT2D eigenvalue weighted by molar-refractivity contribution is 5.79. The number of methoxy groups -OCH3 is 1. The topological polar surface area (TPSA) is 49.9 Å². The molecule has 0 aliphatic heterocycles. The van der Waals surface area contributed by atoms with Crippen molar-refractivity contribution in [2.24, 2.45) is 0 Å². The zero-order valence-electron chi connectivity index (χ0n) is 11.6. The van der Waals surface area contributed by atoms with Gasteiger partial charge in [0.1, 0.15) is 11.6 Å². The van der Waals surface area contributed by atoms with E-state index in [9.17, 15) is 0 Å². The molecule has 1 aromatic heterocycles. The molecule has 0 saturated heterocycles. The summed E-state index contributed by atoms with van der Waals surface area (Å²) in [7, 11) is 1.68. The Morgan fingerprint density at radius 2 is 1.95 bits per heavy atom. The van der Waals surface area contributed by atoms with Crippen LogP contribution in [0.5, 0.6) is 5.75 Å². The van der Waals surface area contributed by atoms with Gasteiger partial charge in [-0.1, -0.05) is 12.1 Å². The highest BCUT2D eigenvalue weighted by atomic mass is 16.5. The first-order valence-corrected chi connectivity index (χ1v) is 6.58. The van der Waals surface area contributed by atoms with Crippen LogP contribution in [0.15, 0.2) is 42.5 Å². The van der Waals surface area contributed by atoms with Gasteiger partial charge in [0.05, 0.1) is 18.1 Å². The summed E-state index contributed by atoms with van der Waals surface area (Å²) in [6.07, 6.45) is 0. The average molecular weight is 267 g/mol. The third kappa shape index (κ3) is 2.59. The lowest BCUT2D eigenvalue weighted by Crippen LogP contribution is -1.99. The Balaban J connectivity index is 1.72. The lowest BCUT2D eigenvalue weighted by molar-refractivity contribution is 0.414. The van der Waals surface area contributed by atoms with Gasteiger partial charge in [0.15, 0.2) is 0 Å². The van der Waals surface area contributed by atoms with E-state index < -0.39 is 0 Å². The summed E-state index contributed by atoms with van der Waals surface area (Å²) in [6.45, 7) is 2.74. The predicted octanol–water partition coefficient (Wildman–Crippen LogP) is 3.49. The first kappa shape index (κ1) is 12.5. The van der Waals surface area contributed by atoms with Gasteiger partial charge in [0.25, 0.3) is 0 Å². The largest absolute Gasteiger partial charge is 0.497 e. The van der Waals surface area contributed by atoms with Crippen LogP contribution in [-0.4, -0.2) is 17.1 Å². The van der Waals surface area contributed by atoms with Gasteiger partial charge in [0.2, 0.25) is 0 Å². The number of rotatable bonds is 4. The van der Waals surface area contributed by atoms with Gasteiger partial charge in [0, 0.05) is 12.2 Å². The first-order valence-electron chi connectivity index (χ1n) is 6.58. The molecule has 0 aliphatic carbocycles. The molecule has 2 N–H and O–H groups in total. The number of anilines is 1. The standard InChI is InChI=1S/C16H17N3O/c1-11-18-15-8-5-13(9-16(15)19-11)17-10-12-3-6-14(20-2)7-4-12/h3-9,17H,10H2,1-2H3,(H,18,19). The van der Waals surface area contributed by atoms with Crippen LogP contribution in [0.2, 0.25) is 0 Å². The van der Waals surface area contributed by atoms with Crippen LogP contribution < -0.4 is 10.1 Å². The van der Waals surface area contributed by atoms with E-state index in [1.54, 1.807) is 7.11 Å². The quantitative estimate of drug-likeness (QED) is 0.760. The van der Waals surface area contributed by atoms with E-state index in [4.69, 9.17) is 4.74 Å². The summed E-state index contributed by atoms with van der Waals surface area (Å²) in [6, 6.07) is 14.2. The van der Waals surface area contributed by atoms with E-state index in [0.717, 1.165) is 34.8 Å². The van der Waals surface area contributed by atoms with Crippen LogP contribution in [0.1, 0.15) is 11.4 Å². The van der Waals surface area contributed by atoms with Crippen LogP contribution in [0.3, 0.4) is 0 Å². The lowest BCUT2D eigenvalue weighted by atomic mass is 10.2. The third-order valence-electron chi connectivity index (χ3n) is 3.26. The number of aromatic amines is 1. The molecule has 20 heavy (non-hydrogen) atoms. The second-order valence-electron chi connectivity index (χ2n) is 4.76. The van der Waals surface area contributed by atoms with E-state index >= 15 is 0 Å². The minimum Gasteiger partial charge on any atom is -0.497 e. The summed E-state index contributed by atoms with van der Waals surface area (Å²) in [5.41, 5.74) is 4.35. The van der Waals surface area contributed by atoms with Gasteiger partial charge >= 0.3 is 0 Å². The summed E-state index contributed by atoms with van der Waals surface area (Å²) in [5.74, 6) is 1.82. The molecular weight excluding hydrogens is 250 g/mol. The van der Waals surface area contributed by atoms with E-state index in [0.29, 0.717) is 0 Å². The van der Waals surface area contributed by atoms with Gasteiger partial charge in [-0.3, -0.25) is 0 Å². The maximum atomic E-state index is 5.15. The number of aryl methyl sites for hydroxylation is 1. The molecule has 3 aromatic rings. The Hall–Kier alpha value is -2.49. The zero-order valence-corrected chi connectivity index (χ0v) is 11.6. The summed E-state index contributed by atoms with van der Waals surface area (Å²) < 4.78 is 5.15. The van der Waals surface area contributed by atoms with Crippen molar-refractivity contribution in [2.75, 3.05) is 12.4 Å². The van der Waals surface area contributed by atoms with Crippen LogP contribution in [-0.2, 0) is 6.54 Å². The Morgan fingerprint density at radius 1 is 1.15 bits per heavy atom. The number of nitrogens with zero attached hydrogens (tertiary/aromatic N) is 1. The maximum Gasteiger partial charge on any atom is 0.118 e. The Bertz CT molecular complexity index is 716. The molecule has 4 nitrogen and oxygen atoms in total. The second-order valence-corrected chi connectivity index (χ2v) is 4.76. The highest BCUT2D eigenvalue weighted by Crippen LogP contribution is 2.18. The van der Waals surface area contributed by atoms with Gasteiger partial charge in [-0.15, -0.1) is 0 Å². The van der Waals surface area contributed by atoms with E-state index in [-0.39, 0.29) is 0 Å². The Kier molecular flexibility index (Phi) is 3.29. The van der Waals surface area contributed by atoms with Crippen LogP contribution in [0, 0.1) is 6.92 Å². The smallest absolute Gasteiger partial charge is 0.118 e. The number of imidazole rings is 1. The number of aromatic nitrogens is 2. The minimum absolute atomic E-state index is 0.780. The number of hydrogen-bond donors (Lipinski definition) is 2. The van der Waals surface area contributed by atoms with Crippen LogP contribution in [0.4, 0.5) is 5.69 Å². The first-order chi connectivity index (χ1) is 9.74. The van der Waals surface area contributed by atoms with Crippen LogP contribution >= 0.6 is 0 Å². The fraction of sp³-hybridized carbons (Fsp3) is 0.188. The van der Waals surface area contributed by atoms with Crippen molar-refractivity contribution in [3.63, 3.8) is 0 Å². The molecule has 0 saturated carbocycles. The summed E-state index contributed by atoms with van der Waals surface area (Å²) >= 11 is 0. The SMILES string of the molecule is COc1ccc(CNc2ccc3nc(C)[nH]c3c2)cc1. The van der Waals surface area contributed by atoms with Gasteiger partial charge in [-0.2, -0.15) is 0 Å². The molecule has 102 valence electrons. The van der Waals surface area contributed by atoms with Crippen molar-refractivity contribution in [1.29, 1.82) is 0 Å². The van der Waals surface area contributed by atoms with Crippen LogP contribution in [0.25, 0.3) is 11.0 Å². The molecule has 4 heteroatoms. The van der Waals surface area contributed by atoms with Crippen molar-refractivity contribution in [3.8, 4) is 5.75 Å². The molecule has 0 amide bonds. The fourth-order valence-electron chi connectivity index (χ4n) is 2.19. The lowest BCUT2D eigenvalue weighted by Gasteiger charge is -2.07. The van der Waals surface area contributed by atoms with E-state index in [1.807, 2.05) is 31.2 Å². The molecule has 0 spiro atoms. The maximum absolute atomic E-state index is 5.15. The Labute approximate surface area is 117 Å². The molecular formula is C16H17N3O. The molecule has 0 unspecified atom stereocenters. The van der Waals surface area contributed by atoms with Crippen molar-refractivity contribution in [1.82, 2.24) is 9.97 Å². The summed E-state index contributed by atoms with van der Waals surface area (Å²) in [4.78, 5) is 7.64. The van der Waals surface area contributed by atoms with Crippen molar-refractivity contribution in [2.45, 2.75) is 13.5 Å². The molecule has 0 radical (unpaired) electrons. The molecule has 0 atom stereocenters. The van der Waals surface area contributed by atoms with Crippen molar-refractivity contribution in [3.05, 3.63) is 53.9 Å². The molecule has 0 bridgehead atoms. The summed E-state index contributed by atoms with van der Waals surface area (Å²) in [5, 5.41) is 3.41. The van der Waals surface area contributed by atoms with Crippen molar-refractivity contribution >= 4 is 16.7 Å². The number of H-pyrrole nitrogens is 1. The molecule has 0 fully saturated rings. The number of benzene rings is 2. The Morgan fingerprint density at radius 3 is 2.70 bits per heavy atom. The minimum atomic E-state index is 0.780. The monoisotopic (exact) mass is 267 g/mol. The molecule has 3 rings (SSSR count). The number of hydrogen-bond acceptors (Lipinski definition) is 3. The highest BCUT2D eigenvalue weighted by Gasteiger charge is 2.01. The van der Waals surface area contributed by atoms with Crippen molar-refractivity contribution < 1.29 is 4.74 Å². The van der Waals surface area contributed by atoms with E-state index in [1.165, 1.54) is 5.56 Å². The van der Waals surface area contributed by atoms with Gasteiger partial charge < -0.3 is 15.0 Å². The number of ether oxygens (including phenoxy) is 1. The fourth-order valence-corrected chi connectivity index (χ4v) is 2.19. The predicted molar refractivity (Wildman–Crippen MR) is 81.2 cm³/mol. The van der Waals surface area contributed by atoms with Gasteiger partial charge in [-0.25, -0.2) is 4.98 Å².